The molecule has 1 amide bonds. The number of benzene rings is 2. The number of hydrogen-bond acceptors (Lipinski definition) is 4. The van der Waals surface area contributed by atoms with Crippen LogP contribution in [0.1, 0.15) is 21.9 Å². The number of imidazole rings is 1. The van der Waals surface area contributed by atoms with Gasteiger partial charge in [-0.1, -0.05) is 48.0 Å². The Morgan fingerprint density at radius 1 is 1.12 bits per heavy atom. The monoisotopic (exact) mass is 389 g/mol. The fourth-order valence-electron chi connectivity index (χ4n) is 2.42. The second-order valence-electron chi connectivity index (χ2n) is 5.64. The average Bonchev–Trinajstić information content (AvgIpc) is 2.98. The molecule has 0 radical (unpaired) electrons. The standard InChI is InChI=1S/C18H16ClN3O3S/c1-13-20-17(12-22(13)11-14-7-5-6-10-16(14)19)18(23)21-26(24,25)15-8-3-2-4-9-15/h2-10,12H,11H2,1H3,(H,21,23). The third-order valence-corrected chi connectivity index (χ3v) is 5.50. The summed E-state index contributed by atoms with van der Waals surface area (Å²) in [4.78, 5) is 16.5. The minimum atomic E-state index is -3.95. The number of carbonyl (C=O) groups excluding carboxylic acids is 1. The first kappa shape index (κ1) is 18.2. The van der Waals surface area contributed by atoms with Gasteiger partial charge in [-0.3, -0.25) is 4.79 Å². The van der Waals surface area contributed by atoms with Gasteiger partial charge in [-0.15, -0.1) is 0 Å². The molecule has 0 aliphatic rings. The Hall–Kier alpha value is -2.64. The van der Waals surface area contributed by atoms with E-state index in [-0.39, 0.29) is 10.6 Å². The van der Waals surface area contributed by atoms with Crippen LogP contribution in [-0.4, -0.2) is 23.9 Å². The number of carbonyl (C=O) groups is 1. The summed E-state index contributed by atoms with van der Waals surface area (Å²) in [5.74, 6) is -0.206. The van der Waals surface area contributed by atoms with E-state index in [1.165, 1.54) is 18.3 Å². The lowest BCUT2D eigenvalue weighted by atomic mass is 10.2. The summed E-state index contributed by atoms with van der Waals surface area (Å²) in [6.07, 6.45) is 1.51. The second-order valence-corrected chi connectivity index (χ2v) is 7.73. The van der Waals surface area contributed by atoms with Crippen LogP contribution in [0.2, 0.25) is 5.02 Å². The maximum Gasteiger partial charge on any atom is 0.285 e. The van der Waals surface area contributed by atoms with Crippen LogP contribution in [0.25, 0.3) is 0 Å². The predicted molar refractivity (Wildman–Crippen MR) is 98.6 cm³/mol. The molecule has 0 aliphatic carbocycles. The minimum absolute atomic E-state index is 0.0144. The van der Waals surface area contributed by atoms with E-state index < -0.39 is 15.9 Å². The van der Waals surface area contributed by atoms with E-state index in [0.29, 0.717) is 17.4 Å². The number of sulfonamides is 1. The molecule has 1 aromatic heterocycles. The molecule has 26 heavy (non-hydrogen) atoms. The molecule has 0 fully saturated rings. The molecule has 0 bridgehead atoms. The van der Waals surface area contributed by atoms with Crippen molar-refractivity contribution in [1.82, 2.24) is 14.3 Å². The highest BCUT2D eigenvalue weighted by molar-refractivity contribution is 7.90. The van der Waals surface area contributed by atoms with Gasteiger partial charge in [0.15, 0.2) is 0 Å². The third-order valence-electron chi connectivity index (χ3n) is 3.79. The van der Waals surface area contributed by atoms with E-state index in [9.17, 15) is 13.2 Å². The SMILES string of the molecule is Cc1nc(C(=O)NS(=O)(=O)c2ccccc2)cn1Cc1ccccc1Cl. The first-order chi connectivity index (χ1) is 12.4. The van der Waals surface area contributed by atoms with Crippen LogP contribution in [0.4, 0.5) is 0 Å². The zero-order valence-electron chi connectivity index (χ0n) is 13.9. The first-order valence-corrected chi connectivity index (χ1v) is 9.62. The molecule has 0 atom stereocenters. The van der Waals surface area contributed by atoms with Crippen molar-refractivity contribution in [2.45, 2.75) is 18.4 Å². The molecule has 8 heteroatoms. The number of aromatic nitrogens is 2. The topological polar surface area (TPSA) is 81.1 Å². The minimum Gasteiger partial charge on any atom is -0.330 e. The molecule has 3 rings (SSSR count). The first-order valence-electron chi connectivity index (χ1n) is 7.76. The van der Waals surface area contributed by atoms with Gasteiger partial charge < -0.3 is 4.57 Å². The molecular formula is C18H16ClN3O3S. The van der Waals surface area contributed by atoms with Crippen molar-refractivity contribution in [3.05, 3.63) is 82.9 Å². The van der Waals surface area contributed by atoms with Crippen molar-refractivity contribution in [2.24, 2.45) is 0 Å². The zero-order chi connectivity index (χ0) is 18.7. The summed E-state index contributed by atoms with van der Waals surface area (Å²) in [7, 11) is -3.95. The molecule has 0 spiro atoms. The smallest absolute Gasteiger partial charge is 0.285 e. The van der Waals surface area contributed by atoms with E-state index >= 15 is 0 Å². The molecule has 1 N–H and O–H groups in total. The van der Waals surface area contributed by atoms with Crippen molar-refractivity contribution >= 4 is 27.5 Å². The third kappa shape index (κ3) is 3.95. The second kappa shape index (κ2) is 7.31. The summed E-state index contributed by atoms with van der Waals surface area (Å²) >= 11 is 6.16. The van der Waals surface area contributed by atoms with E-state index in [4.69, 9.17) is 11.6 Å². The van der Waals surface area contributed by atoms with Gasteiger partial charge in [0.1, 0.15) is 11.5 Å². The Bertz CT molecular complexity index is 1050. The van der Waals surface area contributed by atoms with Gasteiger partial charge in [-0.05, 0) is 30.7 Å². The summed E-state index contributed by atoms with van der Waals surface area (Å²) < 4.78 is 28.3. The maximum atomic E-state index is 12.3. The fourth-order valence-corrected chi connectivity index (χ4v) is 3.60. The van der Waals surface area contributed by atoms with E-state index in [1.807, 2.05) is 22.9 Å². The average molecular weight is 390 g/mol. The quantitative estimate of drug-likeness (QED) is 0.727. The Kier molecular flexibility index (Phi) is 5.11. The van der Waals surface area contributed by atoms with Crippen LogP contribution < -0.4 is 4.72 Å². The van der Waals surface area contributed by atoms with Gasteiger partial charge in [-0.2, -0.15) is 0 Å². The van der Waals surface area contributed by atoms with Crippen LogP contribution in [0.3, 0.4) is 0 Å². The lowest BCUT2D eigenvalue weighted by Crippen LogP contribution is -2.30. The summed E-state index contributed by atoms with van der Waals surface area (Å²) in [5.41, 5.74) is 0.896. The highest BCUT2D eigenvalue weighted by atomic mass is 35.5. The van der Waals surface area contributed by atoms with Crippen LogP contribution in [0, 0.1) is 6.92 Å². The Morgan fingerprint density at radius 3 is 2.46 bits per heavy atom. The van der Waals surface area contributed by atoms with Gasteiger partial charge in [0.25, 0.3) is 15.9 Å². The number of hydrogen-bond donors (Lipinski definition) is 1. The maximum absolute atomic E-state index is 12.3. The van der Waals surface area contributed by atoms with Crippen molar-refractivity contribution in [3.8, 4) is 0 Å². The van der Waals surface area contributed by atoms with Gasteiger partial charge in [-0.25, -0.2) is 18.1 Å². The van der Waals surface area contributed by atoms with Crippen molar-refractivity contribution in [3.63, 3.8) is 0 Å². The lowest BCUT2D eigenvalue weighted by molar-refractivity contribution is 0.0977. The van der Waals surface area contributed by atoms with Crippen LogP contribution in [-0.2, 0) is 16.6 Å². The largest absolute Gasteiger partial charge is 0.330 e. The molecule has 0 saturated carbocycles. The van der Waals surface area contributed by atoms with E-state index in [2.05, 4.69) is 4.98 Å². The van der Waals surface area contributed by atoms with E-state index in [1.54, 1.807) is 35.8 Å². The Morgan fingerprint density at radius 2 is 1.77 bits per heavy atom. The molecule has 0 aliphatic heterocycles. The highest BCUT2D eigenvalue weighted by Gasteiger charge is 2.21. The van der Waals surface area contributed by atoms with Crippen LogP contribution in [0.5, 0.6) is 0 Å². The summed E-state index contributed by atoms with van der Waals surface area (Å²) in [5, 5.41) is 0.609. The lowest BCUT2D eigenvalue weighted by Gasteiger charge is -2.06. The molecule has 2 aromatic carbocycles. The molecule has 0 saturated heterocycles. The van der Waals surface area contributed by atoms with Gasteiger partial charge >= 0.3 is 0 Å². The Balaban J connectivity index is 1.80. The summed E-state index contributed by atoms with van der Waals surface area (Å²) in [6.45, 7) is 2.16. The van der Waals surface area contributed by atoms with Crippen molar-refractivity contribution in [1.29, 1.82) is 0 Å². The number of amides is 1. The van der Waals surface area contributed by atoms with Gasteiger partial charge in [0.05, 0.1) is 11.4 Å². The molecule has 6 nitrogen and oxygen atoms in total. The number of rotatable bonds is 5. The normalized spacial score (nSPS) is 11.3. The summed E-state index contributed by atoms with van der Waals surface area (Å²) in [6, 6.07) is 15.1. The molecular weight excluding hydrogens is 374 g/mol. The fraction of sp³-hybridized carbons (Fsp3) is 0.111. The van der Waals surface area contributed by atoms with E-state index in [0.717, 1.165) is 5.56 Å². The van der Waals surface area contributed by atoms with Crippen molar-refractivity contribution in [2.75, 3.05) is 0 Å². The van der Waals surface area contributed by atoms with Gasteiger partial charge in [0, 0.05) is 11.2 Å². The Labute approximate surface area is 156 Å². The highest BCUT2D eigenvalue weighted by Crippen LogP contribution is 2.17. The van der Waals surface area contributed by atoms with Gasteiger partial charge in [0.2, 0.25) is 0 Å². The molecule has 3 aromatic rings. The molecule has 1 heterocycles. The number of nitrogens with one attached hydrogen (secondary N) is 1. The van der Waals surface area contributed by atoms with Crippen LogP contribution >= 0.6 is 11.6 Å². The predicted octanol–water partition coefficient (Wildman–Crippen LogP) is 3.01. The zero-order valence-corrected chi connectivity index (χ0v) is 15.5. The number of halogens is 1. The molecule has 134 valence electrons. The number of nitrogens with zero attached hydrogens (tertiary/aromatic N) is 2. The molecule has 0 unspecified atom stereocenters. The van der Waals surface area contributed by atoms with Crippen LogP contribution in [0.15, 0.2) is 65.7 Å². The van der Waals surface area contributed by atoms with Crippen molar-refractivity contribution < 1.29 is 13.2 Å². The number of aryl methyl sites for hydroxylation is 1.